The largest absolute Gasteiger partial charge is 0.478 e. The summed E-state index contributed by atoms with van der Waals surface area (Å²) in [6.45, 7) is 0. The van der Waals surface area contributed by atoms with Crippen molar-refractivity contribution < 1.29 is 28.9 Å². The molecule has 0 amide bonds. The molecule has 0 fully saturated rings. The van der Waals surface area contributed by atoms with Crippen molar-refractivity contribution in [1.29, 1.82) is 0 Å². The van der Waals surface area contributed by atoms with Gasteiger partial charge in [0.2, 0.25) is 0 Å². The van der Waals surface area contributed by atoms with Crippen LogP contribution in [0.2, 0.25) is 0 Å². The van der Waals surface area contributed by atoms with Crippen LogP contribution < -0.4 is 0 Å². The molecule has 0 saturated heterocycles. The van der Waals surface area contributed by atoms with E-state index in [-0.39, 0.29) is 12.3 Å². The molecule has 1 aromatic rings. The van der Waals surface area contributed by atoms with Gasteiger partial charge in [0.15, 0.2) is 0 Å². The molecule has 1 rings (SSSR count). The van der Waals surface area contributed by atoms with Crippen LogP contribution in [0.15, 0.2) is 12.1 Å². The van der Waals surface area contributed by atoms with E-state index in [1.54, 1.807) is 0 Å². The smallest absolute Gasteiger partial charge is 0.335 e. The lowest BCUT2D eigenvalue weighted by atomic mass is 10.00. The Hall–Kier alpha value is -1.24. The first-order valence-corrected chi connectivity index (χ1v) is 5.56. The molecule has 0 aliphatic heterocycles. The molecule has 2 atom stereocenters. The molecule has 0 heterocycles. The summed E-state index contributed by atoms with van der Waals surface area (Å²) in [5.41, 5.74) is -1.34. The van der Waals surface area contributed by atoms with Crippen LogP contribution in [0.5, 0.6) is 0 Å². The van der Waals surface area contributed by atoms with E-state index in [9.17, 15) is 23.8 Å². The average Bonchev–Trinajstić information content (AvgIpc) is 2.27. The van der Waals surface area contributed by atoms with Crippen molar-refractivity contribution >= 4 is 17.6 Å². The second-order valence-corrected chi connectivity index (χ2v) is 4.03. The fraction of sp³-hybridized carbons (Fsp3) is 0.364. The normalized spacial score (nSPS) is 14.3. The van der Waals surface area contributed by atoms with E-state index in [1.807, 2.05) is 0 Å². The maximum Gasteiger partial charge on any atom is 0.335 e. The fourth-order valence-electron chi connectivity index (χ4n) is 1.45. The second-order valence-electron chi connectivity index (χ2n) is 3.65. The number of aliphatic hydroxyl groups is 2. The molecule has 2 unspecified atom stereocenters. The summed E-state index contributed by atoms with van der Waals surface area (Å²) in [7, 11) is 0. The minimum absolute atomic E-state index is 0.00861. The number of aliphatic hydroxyl groups excluding tert-OH is 2. The maximum absolute atomic E-state index is 13.5. The van der Waals surface area contributed by atoms with Crippen LogP contribution >= 0.6 is 11.6 Å². The van der Waals surface area contributed by atoms with Gasteiger partial charge in [-0.2, -0.15) is 0 Å². The predicted octanol–water partition coefficient (Wildman–Crippen LogP) is 1.69. The first-order valence-electron chi connectivity index (χ1n) is 5.02. The van der Waals surface area contributed by atoms with Crippen molar-refractivity contribution in [1.82, 2.24) is 0 Å². The summed E-state index contributed by atoms with van der Waals surface area (Å²) in [6.07, 6.45) is -3.28. The Labute approximate surface area is 106 Å². The van der Waals surface area contributed by atoms with Crippen LogP contribution in [-0.2, 0) is 0 Å². The molecule has 0 radical (unpaired) electrons. The predicted molar refractivity (Wildman–Crippen MR) is 59.6 cm³/mol. The molecule has 100 valence electrons. The number of benzene rings is 1. The van der Waals surface area contributed by atoms with Crippen molar-refractivity contribution in [3.63, 3.8) is 0 Å². The lowest BCUT2D eigenvalue weighted by Gasteiger charge is -2.18. The second kappa shape index (κ2) is 6.08. The Kier molecular flexibility index (Phi) is 5.01. The summed E-state index contributed by atoms with van der Waals surface area (Å²) >= 11 is 5.34. The van der Waals surface area contributed by atoms with Crippen molar-refractivity contribution in [2.75, 3.05) is 5.88 Å². The van der Waals surface area contributed by atoms with E-state index in [1.165, 1.54) is 0 Å². The zero-order valence-electron chi connectivity index (χ0n) is 9.11. The Morgan fingerprint density at radius 3 is 2.17 bits per heavy atom. The zero-order valence-corrected chi connectivity index (χ0v) is 9.86. The van der Waals surface area contributed by atoms with Gasteiger partial charge >= 0.3 is 5.97 Å². The quantitative estimate of drug-likeness (QED) is 0.717. The van der Waals surface area contributed by atoms with Gasteiger partial charge in [0.25, 0.3) is 0 Å². The first-order chi connectivity index (χ1) is 8.38. The minimum atomic E-state index is -1.80. The number of hydrogen-bond acceptors (Lipinski definition) is 3. The Balaban J connectivity index is 3.13. The van der Waals surface area contributed by atoms with E-state index in [0.717, 1.165) is 0 Å². The maximum atomic E-state index is 13.5. The molecule has 1 aromatic carbocycles. The highest BCUT2D eigenvalue weighted by molar-refractivity contribution is 6.17. The highest BCUT2D eigenvalue weighted by Gasteiger charge is 2.26. The van der Waals surface area contributed by atoms with Gasteiger partial charge in [0, 0.05) is 5.88 Å². The van der Waals surface area contributed by atoms with Gasteiger partial charge in [-0.1, -0.05) is 0 Å². The summed E-state index contributed by atoms with van der Waals surface area (Å²) in [5, 5.41) is 27.6. The lowest BCUT2D eigenvalue weighted by Crippen LogP contribution is -2.21. The number of carbonyl (C=O) groups is 1. The zero-order chi connectivity index (χ0) is 13.9. The molecule has 0 aromatic heterocycles. The number of hydrogen-bond donors (Lipinski definition) is 3. The van der Waals surface area contributed by atoms with Gasteiger partial charge in [-0.25, -0.2) is 13.6 Å². The summed E-state index contributed by atoms with van der Waals surface area (Å²) in [4.78, 5) is 10.6. The van der Waals surface area contributed by atoms with Gasteiger partial charge in [-0.15, -0.1) is 11.6 Å². The van der Waals surface area contributed by atoms with Crippen LogP contribution in [0.25, 0.3) is 0 Å². The van der Waals surface area contributed by atoms with Gasteiger partial charge in [-0.05, 0) is 18.6 Å². The van der Waals surface area contributed by atoms with Crippen molar-refractivity contribution in [2.45, 2.75) is 18.6 Å². The summed E-state index contributed by atoms with van der Waals surface area (Å²) in [5.74, 6) is -3.94. The summed E-state index contributed by atoms with van der Waals surface area (Å²) in [6, 6.07) is 1.16. The number of alkyl halides is 1. The van der Waals surface area contributed by atoms with Crippen molar-refractivity contribution in [2.24, 2.45) is 0 Å². The fourth-order valence-corrected chi connectivity index (χ4v) is 1.68. The third-order valence-corrected chi connectivity index (χ3v) is 2.61. The molecule has 4 nitrogen and oxygen atoms in total. The number of carboxylic acid groups (broad SMARTS) is 1. The van der Waals surface area contributed by atoms with E-state index < -0.39 is 40.9 Å². The number of halogens is 3. The lowest BCUT2D eigenvalue weighted by molar-refractivity contribution is 0.0127. The number of rotatable bonds is 5. The molecule has 3 N–H and O–H groups in total. The van der Waals surface area contributed by atoms with Crippen LogP contribution in [-0.4, -0.2) is 33.3 Å². The molecule has 0 bridgehead atoms. The Morgan fingerprint density at radius 2 is 1.78 bits per heavy atom. The third-order valence-electron chi connectivity index (χ3n) is 2.39. The Morgan fingerprint density at radius 1 is 1.28 bits per heavy atom. The highest BCUT2D eigenvalue weighted by Crippen LogP contribution is 2.26. The number of aromatic carboxylic acids is 1. The van der Waals surface area contributed by atoms with Crippen LogP contribution in [0.3, 0.4) is 0 Å². The molecule has 0 aliphatic carbocycles. The molecule has 0 saturated carbocycles. The van der Waals surface area contributed by atoms with Gasteiger partial charge in [-0.3, -0.25) is 0 Å². The molecular weight excluding hydrogens is 270 g/mol. The topological polar surface area (TPSA) is 77.8 Å². The third kappa shape index (κ3) is 3.16. The molecule has 0 spiro atoms. The molecule has 7 heteroatoms. The van der Waals surface area contributed by atoms with Crippen molar-refractivity contribution in [3.8, 4) is 0 Å². The first kappa shape index (κ1) is 14.8. The molecular formula is C11H11ClF2O4. The molecule has 0 aliphatic rings. The van der Waals surface area contributed by atoms with Gasteiger partial charge in [0.05, 0.1) is 17.2 Å². The standard InChI is InChI=1S/C11H11ClF2O4/c12-2-1-8(15)10(16)9-6(13)3-5(11(17)18)4-7(9)14/h3-4,8,10,15-16H,1-2H2,(H,17,18). The SMILES string of the molecule is O=C(O)c1cc(F)c(C(O)C(O)CCCl)c(F)c1. The van der Waals surface area contributed by atoms with Gasteiger partial charge in [0.1, 0.15) is 17.7 Å². The van der Waals surface area contributed by atoms with Gasteiger partial charge < -0.3 is 15.3 Å². The summed E-state index contributed by atoms with van der Waals surface area (Å²) < 4.78 is 27.0. The molecule has 18 heavy (non-hydrogen) atoms. The minimum Gasteiger partial charge on any atom is -0.478 e. The van der Waals surface area contributed by atoms with E-state index in [4.69, 9.17) is 16.7 Å². The van der Waals surface area contributed by atoms with Crippen molar-refractivity contribution in [3.05, 3.63) is 34.9 Å². The van der Waals surface area contributed by atoms with E-state index >= 15 is 0 Å². The van der Waals surface area contributed by atoms with Crippen LogP contribution in [0.1, 0.15) is 28.4 Å². The monoisotopic (exact) mass is 280 g/mol. The number of carboxylic acids is 1. The average molecular weight is 281 g/mol. The Bertz CT molecular complexity index is 430. The van der Waals surface area contributed by atoms with Crippen LogP contribution in [0.4, 0.5) is 8.78 Å². The van der Waals surface area contributed by atoms with E-state index in [0.29, 0.717) is 12.1 Å². The van der Waals surface area contributed by atoms with E-state index in [2.05, 4.69) is 0 Å². The van der Waals surface area contributed by atoms with Crippen LogP contribution in [0, 0.1) is 11.6 Å². The highest BCUT2D eigenvalue weighted by atomic mass is 35.5.